The van der Waals surface area contributed by atoms with Crippen molar-refractivity contribution in [2.75, 3.05) is 38.6 Å². The Morgan fingerprint density at radius 1 is 0.972 bits per heavy atom. The van der Waals surface area contributed by atoms with Gasteiger partial charge in [-0.1, -0.05) is 43.7 Å². The van der Waals surface area contributed by atoms with Crippen LogP contribution >= 0.6 is 0 Å². The average molecular weight is 488 g/mol. The molecule has 190 valence electrons. The number of hydrogen-bond donors (Lipinski definition) is 1. The first-order chi connectivity index (χ1) is 17.7. The van der Waals surface area contributed by atoms with Gasteiger partial charge in [0.2, 0.25) is 0 Å². The number of benzene rings is 2. The van der Waals surface area contributed by atoms with E-state index < -0.39 is 0 Å². The second kappa shape index (κ2) is 11.7. The third-order valence-corrected chi connectivity index (χ3v) is 6.97. The van der Waals surface area contributed by atoms with Crippen LogP contribution in [0.2, 0.25) is 0 Å². The van der Waals surface area contributed by atoms with Gasteiger partial charge in [-0.05, 0) is 49.6 Å². The predicted octanol–water partition coefficient (Wildman–Crippen LogP) is 5.20. The van der Waals surface area contributed by atoms with Crippen LogP contribution in [0.1, 0.15) is 44.0 Å². The monoisotopic (exact) mass is 487 g/mol. The number of anilines is 1. The van der Waals surface area contributed by atoms with Crippen LogP contribution in [0.5, 0.6) is 5.75 Å². The number of morpholine rings is 1. The maximum absolute atomic E-state index is 6.42. The zero-order chi connectivity index (χ0) is 24.7. The van der Waals surface area contributed by atoms with Gasteiger partial charge in [0.05, 0.1) is 24.2 Å². The minimum atomic E-state index is 0.500. The lowest BCUT2D eigenvalue weighted by Crippen LogP contribution is -2.36. The van der Waals surface area contributed by atoms with Crippen LogP contribution in [0.4, 0.5) is 5.82 Å². The first kappa shape index (κ1) is 24.5. The van der Waals surface area contributed by atoms with E-state index in [0.29, 0.717) is 12.4 Å². The highest BCUT2D eigenvalue weighted by atomic mass is 16.5. The van der Waals surface area contributed by atoms with Gasteiger partial charge in [-0.2, -0.15) is 0 Å². The smallest absolute Gasteiger partial charge is 0.152 e. The van der Waals surface area contributed by atoms with Crippen LogP contribution < -0.4 is 10.5 Å². The quantitative estimate of drug-likeness (QED) is 0.293. The highest BCUT2D eigenvalue weighted by molar-refractivity contribution is 6.07. The van der Waals surface area contributed by atoms with Crippen LogP contribution in [-0.2, 0) is 24.3 Å². The number of pyridine rings is 1. The summed E-state index contributed by atoms with van der Waals surface area (Å²) >= 11 is 0. The maximum atomic E-state index is 6.42. The number of aromatic nitrogens is 3. The molecule has 2 aromatic carbocycles. The van der Waals surface area contributed by atoms with Crippen molar-refractivity contribution in [2.45, 2.75) is 52.2 Å². The van der Waals surface area contributed by atoms with Gasteiger partial charge in [0, 0.05) is 31.4 Å². The standard InChI is InChI=1S/C29H37N5O2/c1-2-3-11-26-32-27-28(34(26)15-8-7-14-33-16-18-35-19-17-33)24-20-23(12-13-25(24)31-29(27)30)36-21-22-9-5-4-6-10-22/h4-6,9-10,12-13,20H,2-3,7-8,11,14-19,21H2,1H3,(H2,30,31). The summed E-state index contributed by atoms with van der Waals surface area (Å²) in [7, 11) is 0. The van der Waals surface area contributed by atoms with Gasteiger partial charge in [0.25, 0.3) is 0 Å². The summed E-state index contributed by atoms with van der Waals surface area (Å²) in [6, 6.07) is 16.3. The number of fused-ring (bicyclic) bond motifs is 3. The Balaban J connectivity index is 1.43. The molecule has 0 aliphatic carbocycles. The molecule has 36 heavy (non-hydrogen) atoms. The lowest BCUT2D eigenvalue weighted by Gasteiger charge is -2.26. The number of nitrogens with zero attached hydrogens (tertiary/aromatic N) is 4. The molecule has 0 amide bonds. The average Bonchev–Trinajstić information content (AvgIpc) is 3.29. The number of nitrogen functional groups attached to an aromatic ring is 1. The van der Waals surface area contributed by atoms with Crippen LogP contribution in [0.25, 0.3) is 21.9 Å². The zero-order valence-corrected chi connectivity index (χ0v) is 21.3. The van der Waals surface area contributed by atoms with Gasteiger partial charge in [-0.3, -0.25) is 4.90 Å². The molecular weight excluding hydrogens is 450 g/mol. The molecule has 1 aliphatic rings. The lowest BCUT2D eigenvalue weighted by molar-refractivity contribution is 0.0371. The Hall–Kier alpha value is -3.16. The van der Waals surface area contributed by atoms with Gasteiger partial charge in [0.1, 0.15) is 23.7 Å². The SMILES string of the molecule is CCCCc1nc2c(N)nc3ccc(OCc4ccccc4)cc3c2n1CCCCN1CCOCC1. The van der Waals surface area contributed by atoms with Crippen molar-refractivity contribution >= 4 is 27.8 Å². The van der Waals surface area contributed by atoms with Gasteiger partial charge >= 0.3 is 0 Å². The number of nitrogens with two attached hydrogens (primary N) is 1. The van der Waals surface area contributed by atoms with Gasteiger partial charge in [-0.15, -0.1) is 0 Å². The van der Waals surface area contributed by atoms with Crippen LogP contribution in [-0.4, -0.2) is 52.3 Å². The number of ether oxygens (including phenoxy) is 2. The Morgan fingerprint density at radius 2 is 1.78 bits per heavy atom. The van der Waals surface area contributed by atoms with Crippen LogP contribution in [0, 0.1) is 0 Å². The van der Waals surface area contributed by atoms with E-state index in [1.807, 2.05) is 30.3 Å². The molecule has 0 spiro atoms. The molecule has 1 aliphatic heterocycles. The first-order valence-electron chi connectivity index (χ1n) is 13.3. The Morgan fingerprint density at radius 3 is 2.58 bits per heavy atom. The number of rotatable bonds is 11. The molecule has 0 radical (unpaired) electrons. The van der Waals surface area contributed by atoms with Gasteiger partial charge < -0.3 is 19.8 Å². The van der Waals surface area contributed by atoms with Crippen molar-refractivity contribution in [3.05, 3.63) is 59.9 Å². The Kier molecular flexibility index (Phi) is 7.98. The summed E-state index contributed by atoms with van der Waals surface area (Å²) in [4.78, 5) is 12.2. The third-order valence-electron chi connectivity index (χ3n) is 6.97. The summed E-state index contributed by atoms with van der Waals surface area (Å²) < 4.78 is 14.0. The van der Waals surface area contributed by atoms with E-state index in [0.717, 1.165) is 111 Å². The van der Waals surface area contributed by atoms with Crippen molar-refractivity contribution in [2.24, 2.45) is 0 Å². The molecule has 5 rings (SSSR count). The van der Waals surface area contributed by atoms with E-state index in [-0.39, 0.29) is 0 Å². The summed E-state index contributed by atoms with van der Waals surface area (Å²) in [5.41, 5.74) is 10.3. The first-order valence-corrected chi connectivity index (χ1v) is 13.3. The second-order valence-corrected chi connectivity index (χ2v) is 9.59. The van der Waals surface area contributed by atoms with Crippen molar-refractivity contribution in [1.82, 2.24) is 19.4 Å². The van der Waals surface area contributed by atoms with Gasteiger partial charge in [0.15, 0.2) is 5.82 Å². The molecule has 2 N–H and O–H groups in total. The maximum Gasteiger partial charge on any atom is 0.152 e. The highest BCUT2D eigenvalue weighted by Crippen LogP contribution is 2.32. The van der Waals surface area contributed by atoms with Crippen LogP contribution in [0.15, 0.2) is 48.5 Å². The Bertz CT molecular complexity index is 1280. The molecule has 7 heteroatoms. The van der Waals surface area contributed by atoms with E-state index in [2.05, 4.69) is 39.6 Å². The topological polar surface area (TPSA) is 78.4 Å². The van der Waals surface area contributed by atoms with Crippen molar-refractivity contribution in [1.29, 1.82) is 0 Å². The van der Waals surface area contributed by atoms with E-state index >= 15 is 0 Å². The van der Waals surface area contributed by atoms with Crippen molar-refractivity contribution in [3.63, 3.8) is 0 Å². The molecular formula is C29H37N5O2. The van der Waals surface area contributed by atoms with E-state index in [9.17, 15) is 0 Å². The van der Waals surface area contributed by atoms with E-state index in [1.165, 1.54) is 0 Å². The minimum absolute atomic E-state index is 0.500. The molecule has 0 atom stereocenters. The van der Waals surface area contributed by atoms with Gasteiger partial charge in [-0.25, -0.2) is 9.97 Å². The normalized spacial score (nSPS) is 14.6. The summed E-state index contributed by atoms with van der Waals surface area (Å²) in [5.74, 6) is 2.43. The molecule has 0 saturated carbocycles. The van der Waals surface area contributed by atoms with Crippen molar-refractivity contribution < 1.29 is 9.47 Å². The van der Waals surface area contributed by atoms with E-state index in [1.54, 1.807) is 0 Å². The number of aryl methyl sites for hydroxylation is 2. The number of hydrogen-bond acceptors (Lipinski definition) is 6. The van der Waals surface area contributed by atoms with Crippen LogP contribution in [0.3, 0.4) is 0 Å². The molecule has 0 bridgehead atoms. The summed E-state index contributed by atoms with van der Waals surface area (Å²) in [5, 5.41) is 1.05. The fraction of sp³-hybridized carbons (Fsp3) is 0.448. The highest BCUT2D eigenvalue weighted by Gasteiger charge is 2.18. The zero-order valence-electron chi connectivity index (χ0n) is 21.3. The second-order valence-electron chi connectivity index (χ2n) is 9.59. The lowest BCUT2D eigenvalue weighted by atomic mass is 10.1. The molecule has 2 aromatic heterocycles. The minimum Gasteiger partial charge on any atom is -0.489 e. The fourth-order valence-corrected chi connectivity index (χ4v) is 4.96. The molecule has 3 heterocycles. The number of unbranched alkanes of at least 4 members (excludes halogenated alkanes) is 2. The molecule has 1 saturated heterocycles. The largest absolute Gasteiger partial charge is 0.489 e. The molecule has 7 nitrogen and oxygen atoms in total. The summed E-state index contributed by atoms with van der Waals surface area (Å²) in [6.07, 6.45) is 5.42. The molecule has 1 fully saturated rings. The number of imidazole rings is 1. The molecule has 4 aromatic rings. The van der Waals surface area contributed by atoms with Crippen molar-refractivity contribution in [3.8, 4) is 5.75 Å². The third kappa shape index (κ3) is 5.63. The van der Waals surface area contributed by atoms with E-state index in [4.69, 9.17) is 20.2 Å². The summed E-state index contributed by atoms with van der Waals surface area (Å²) in [6.45, 7) is 8.55. The Labute approximate surface area is 213 Å². The predicted molar refractivity (Wildman–Crippen MR) is 145 cm³/mol. The molecule has 0 unspecified atom stereocenters. The fourth-order valence-electron chi connectivity index (χ4n) is 4.96.